The van der Waals surface area contributed by atoms with Crippen LogP contribution in [0, 0.1) is 0 Å². The zero-order chi connectivity index (χ0) is 13.6. The molecule has 0 aliphatic carbocycles. The number of hydrogen-bond acceptors (Lipinski definition) is 4. The van der Waals surface area contributed by atoms with Crippen LogP contribution in [0.2, 0.25) is 0 Å². The number of rotatable bonds is 8. The predicted octanol–water partition coefficient (Wildman–Crippen LogP) is -0.120. The van der Waals surface area contributed by atoms with Gasteiger partial charge in [-0.15, -0.1) is 0 Å². The fraction of sp³-hybridized carbons (Fsp3) is 0.727. The van der Waals surface area contributed by atoms with Gasteiger partial charge in [0.05, 0.1) is 5.25 Å². The zero-order valence-electron chi connectivity index (χ0n) is 11.2. The molecular formula is C11H22N4O2S. The van der Waals surface area contributed by atoms with Crippen LogP contribution < -0.4 is 10.0 Å². The molecule has 0 aliphatic rings. The summed E-state index contributed by atoms with van der Waals surface area (Å²) in [6.45, 7) is 5.30. The summed E-state index contributed by atoms with van der Waals surface area (Å²) in [6, 6.07) is 1.89. The Morgan fingerprint density at radius 1 is 1.50 bits per heavy atom. The van der Waals surface area contributed by atoms with Crippen molar-refractivity contribution < 1.29 is 8.42 Å². The smallest absolute Gasteiger partial charge is 0.215 e. The molecule has 1 unspecified atom stereocenters. The van der Waals surface area contributed by atoms with Gasteiger partial charge in [-0.1, -0.05) is 6.92 Å². The van der Waals surface area contributed by atoms with Crippen LogP contribution in [0.3, 0.4) is 0 Å². The lowest BCUT2D eigenvalue weighted by atomic mass is 10.3. The Labute approximate surface area is 109 Å². The summed E-state index contributed by atoms with van der Waals surface area (Å²) in [5, 5.41) is 6.64. The average molecular weight is 274 g/mol. The van der Waals surface area contributed by atoms with Crippen molar-refractivity contribution in [1.29, 1.82) is 0 Å². The van der Waals surface area contributed by atoms with E-state index < -0.39 is 15.3 Å². The van der Waals surface area contributed by atoms with Crippen LogP contribution >= 0.6 is 0 Å². The van der Waals surface area contributed by atoms with Crippen LogP contribution in [-0.4, -0.2) is 43.1 Å². The van der Waals surface area contributed by atoms with Crippen molar-refractivity contribution in [2.75, 3.05) is 19.6 Å². The van der Waals surface area contributed by atoms with Gasteiger partial charge in [0.15, 0.2) is 0 Å². The van der Waals surface area contributed by atoms with Gasteiger partial charge < -0.3 is 5.32 Å². The number of sulfonamides is 1. The lowest BCUT2D eigenvalue weighted by Gasteiger charge is -2.14. The first-order valence-corrected chi connectivity index (χ1v) is 7.68. The summed E-state index contributed by atoms with van der Waals surface area (Å²) in [4.78, 5) is 0. The van der Waals surface area contributed by atoms with Gasteiger partial charge in [-0.2, -0.15) is 5.10 Å². The molecule has 0 fully saturated rings. The number of nitrogens with zero attached hydrogens (tertiary/aromatic N) is 2. The van der Waals surface area contributed by atoms with Gasteiger partial charge >= 0.3 is 0 Å². The van der Waals surface area contributed by atoms with Gasteiger partial charge in [0.1, 0.15) is 0 Å². The summed E-state index contributed by atoms with van der Waals surface area (Å²) >= 11 is 0. The second-order valence-electron chi connectivity index (χ2n) is 4.25. The lowest BCUT2D eigenvalue weighted by molar-refractivity contribution is 0.559. The van der Waals surface area contributed by atoms with Crippen molar-refractivity contribution in [3.63, 3.8) is 0 Å². The number of nitrogens with one attached hydrogen (secondary N) is 2. The first kappa shape index (κ1) is 15.1. The maximum Gasteiger partial charge on any atom is 0.215 e. The van der Waals surface area contributed by atoms with Crippen LogP contribution in [0.4, 0.5) is 0 Å². The van der Waals surface area contributed by atoms with Crippen molar-refractivity contribution in [3.8, 4) is 0 Å². The number of aryl methyl sites for hydroxylation is 1. The normalized spacial score (nSPS) is 13.7. The molecule has 0 radical (unpaired) electrons. The molecular weight excluding hydrogens is 252 g/mol. The van der Waals surface area contributed by atoms with E-state index in [0.717, 1.165) is 12.2 Å². The van der Waals surface area contributed by atoms with E-state index in [-0.39, 0.29) is 0 Å². The van der Waals surface area contributed by atoms with Crippen LogP contribution in [0.15, 0.2) is 12.3 Å². The third-order valence-electron chi connectivity index (χ3n) is 2.82. The van der Waals surface area contributed by atoms with Gasteiger partial charge in [0.25, 0.3) is 0 Å². The largest absolute Gasteiger partial charge is 0.316 e. The van der Waals surface area contributed by atoms with Crippen molar-refractivity contribution in [2.45, 2.75) is 25.5 Å². The second-order valence-corrected chi connectivity index (χ2v) is 6.44. The van der Waals surface area contributed by atoms with Crippen LogP contribution in [0.25, 0.3) is 0 Å². The average Bonchev–Trinajstić information content (AvgIpc) is 2.72. The molecule has 0 spiro atoms. The van der Waals surface area contributed by atoms with Gasteiger partial charge in [-0.25, -0.2) is 13.1 Å². The minimum Gasteiger partial charge on any atom is -0.316 e. The highest BCUT2D eigenvalue weighted by Crippen LogP contribution is 1.99. The third kappa shape index (κ3) is 4.40. The molecule has 1 heterocycles. The Bertz CT molecular complexity index is 455. The van der Waals surface area contributed by atoms with Crippen LogP contribution in [-0.2, 0) is 23.5 Å². The van der Waals surface area contributed by atoms with E-state index in [1.807, 2.05) is 20.0 Å². The summed E-state index contributed by atoms with van der Waals surface area (Å²) < 4.78 is 28.1. The zero-order valence-corrected chi connectivity index (χ0v) is 12.0. The Hall–Kier alpha value is -0.920. The maximum absolute atomic E-state index is 11.9. The molecule has 0 aromatic carbocycles. The van der Waals surface area contributed by atoms with E-state index in [2.05, 4.69) is 15.1 Å². The minimum atomic E-state index is -3.24. The molecule has 0 bridgehead atoms. The molecule has 2 N–H and O–H groups in total. The third-order valence-corrected chi connectivity index (χ3v) is 4.65. The molecule has 104 valence electrons. The maximum atomic E-state index is 11.9. The topological polar surface area (TPSA) is 76.0 Å². The molecule has 1 aromatic rings. The Balaban J connectivity index is 2.40. The van der Waals surface area contributed by atoms with Crippen molar-refractivity contribution >= 4 is 10.0 Å². The second kappa shape index (κ2) is 6.86. The molecule has 0 saturated heterocycles. The first-order valence-electron chi connectivity index (χ1n) is 6.13. The van der Waals surface area contributed by atoms with Crippen molar-refractivity contribution in [1.82, 2.24) is 19.8 Å². The summed E-state index contributed by atoms with van der Waals surface area (Å²) in [6.07, 6.45) is 2.35. The number of aromatic nitrogens is 2. The van der Waals surface area contributed by atoms with E-state index in [0.29, 0.717) is 19.5 Å². The fourth-order valence-electron chi connectivity index (χ4n) is 1.57. The van der Waals surface area contributed by atoms with E-state index >= 15 is 0 Å². The highest BCUT2D eigenvalue weighted by atomic mass is 32.2. The SMILES string of the molecule is CCNCC(C)S(=O)(=O)NCCc1ccnn1C. The molecule has 1 atom stereocenters. The quantitative estimate of drug-likeness (QED) is 0.693. The highest BCUT2D eigenvalue weighted by Gasteiger charge is 2.19. The van der Waals surface area contributed by atoms with E-state index in [1.165, 1.54) is 0 Å². The predicted molar refractivity (Wildman–Crippen MR) is 71.8 cm³/mol. The molecule has 0 amide bonds. The monoisotopic (exact) mass is 274 g/mol. The minimum absolute atomic E-state index is 0.401. The summed E-state index contributed by atoms with van der Waals surface area (Å²) in [7, 11) is -1.40. The molecule has 0 aliphatic heterocycles. The van der Waals surface area contributed by atoms with E-state index in [4.69, 9.17) is 0 Å². The van der Waals surface area contributed by atoms with Gasteiger partial charge in [-0.05, 0) is 19.5 Å². The molecule has 18 heavy (non-hydrogen) atoms. The Morgan fingerprint density at radius 2 is 2.22 bits per heavy atom. The van der Waals surface area contributed by atoms with Crippen molar-refractivity contribution in [2.24, 2.45) is 7.05 Å². The Kier molecular flexibility index (Phi) is 5.77. The molecule has 0 saturated carbocycles. The molecule has 1 aromatic heterocycles. The van der Waals surface area contributed by atoms with E-state index in [9.17, 15) is 8.42 Å². The van der Waals surface area contributed by atoms with Crippen molar-refractivity contribution in [3.05, 3.63) is 18.0 Å². The van der Waals surface area contributed by atoms with E-state index in [1.54, 1.807) is 17.8 Å². The van der Waals surface area contributed by atoms with Gasteiger partial charge in [0.2, 0.25) is 10.0 Å². The lowest BCUT2D eigenvalue weighted by Crippen LogP contribution is -2.39. The highest BCUT2D eigenvalue weighted by molar-refractivity contribution is 7.90. The molecule has 1 rings (SSSR count). The first-order chi connectivity index (χ1) is 8.47. The fourth-order valence-corrected chi connectivity index (χ4v) is 2.58. The van der Waals surface area contributed by atoms with Crippen LogP contribution in [0.1, 0.15) is 19.5 Å². The summed E-state index contributed by atoms with van der Waals surface area (Å²) in [5.74, 6) is 0. The standard InChI is InChI=1S/C11H22N4O2S/c1-4-12-9-10(2)18(16,17)14-8-6-11-5-7-13-15(11)3/h5,7,10,12,14H,4,6,8-9H2,1-3H3. The molecule has 6 nitrogen and oxygen atoms in total. The van der Waals surface area contributed by atoms with Gasteiger partial charge in [0, 0.05) is 38.4 Å². The number of hydrogen-bond donors (Lipinski definition) is 2. The summed E-state index contributed by atoms with van der Waals surface area (Å²) in [5.41, 5.74) is 1.01. The van der Waals surface area contributed by atoms with Gasteiger partial charge in [-0.3, -0.25) is 4.68 Å². The Morgan fingerprint density at radius 3 is 2.78 bits per heavy atom. The van der Waals surface area contributed by atoms with Crippen LogP contribution in [0.5, 0.6) is 0 Å². The molecule has 7 heteroatoms.